The van der Waals surface area contributed by atoms with Gasteiger partial charge in [-0.15, -0.1) is 0 Å². The van der Waals surface area contributed by atoms with Crippen LogP contribution in [0.5, 0.6) is 11.5 Å². The van der Waals surface area contributed by atoms with Crippen LogP contribution in [0, 0.1) is 0 Å². The molecule has 0 aliphatic carbocycles. The molecule has 0 heterocycles. The molecule has 1 rings (SSSR count). The zero-order valence-corrected chi connectivity index (χ0v) is 9.07. The molecule has 0 saturated carbocycles. The first kappa shape index (κ1) is 17.7. The molecular weight excluding hydrogens is 248 g/mol. The standard InChI is InChI=1S/C6H6O2.2CH4N2O2/c7-5-1-2-6(8)4-3-5;2*2-3-1(4)5/h1-4,7-8H;2*3H,2H2,(H,4,5). The largest absolute Gasteiger partial charge is 0.508 e. The molecule has 102 valence electrons. The number of hydrogen-bond donors (Lipinski definition) is 8. The maximum Gasteiger partial charge on any atom is 0.418 e. The van der Waals surface area contributed by atoms with Gasteiger partial charge in [0.2, 0.25) is 0 Å². The van der Waals surface area contributed by atoms with Gasteiger partial charge < -0.3 is 20.4 Å². The molecule has 1 aromatic carbocycles. The third-order valence-corrected chi connectivity index (χ3v) is 1.10. The zero-order valence-electron chi connectivity index (χ0n) is 9.07. The highest BCUT2D eigenvalue weighted by Crippen LogP contribution is 2.13. The number of carboxylic acid groups (broad SMARTS) is 2. The van der Waals surface area contributed by atoms with Gasteiger partial charge in [-0.1, -0.05) is 0 Å². The number of hydrazine groups is 2. The Morgan fingerprint density at radius 2 is 1.00 bits per heavy atom. The van der Waals surface area contributed by atoms with Gasteiger partial charge in [-0.3, -0.25) is 10.9 Å². The lowest BCUT2D eigenvalue weighted by Gasteiger charge is -1.88. The fourth-order valence-corrected chi connectivity index (χ4v) is 0.453. The number of benzene rings is 1. The number of hydrogen-bond acceptors (Lipinski definition) is 6. The number of nitrogens with two attached hydrogens (primary N) is 2. The number of phenols is 2. The minimum absolute atomic E-state index is 0.169. The van der Waals surface area contributed by atoms with Gasteiger partial charge in [0, 0.05) is 0 Å². The monoisotopic (exact) mass is 262 g/mol. The summed E-state index contributed by atoms with van der Waals surface area (Å²) in [5.41, 5.74) is 2.89. The highest BCUT2D eigenvalue weighted by Gasteiger charge is 1.84. The summed E-state index contributed by atoms with van der Waals surface area (Å²) in [6, 6.07) is 5.70. The third-order valence-electron chi connectivity index (χ3n) is 1.10. The lowest BCUT2D eigenvalue weighted by molar-refractivity contribution is 0.193. The first-order chi connectivity index (χ1) is 8.33. The van der Waals surface area contributed by atoms with Crippen LogP contribution in [0.15, 0.2) is 24.3 Å². The van der Waals surface area contributed by atoms with Crippen LogP contribution in [0.3, 0.4) is 0 Å². The summed E-state index contributed by atoms with van der Waals surface area (Å²) >= 11 is 0. The van der Waals surface area contributed by atoms with Gasteiger partial charge in [0.15, 0.2) is 0 Å². The fraction of sp³-hybridized carbons (Fsp3) is 0. The van der Waals surface area contributed by atoms with Crippen molar-refractivity contribution in [2.75, 3.05) is 0 Å². The lowest BCUT2D eigenvalue weighted by atomic mass is 10.3. The summed E-state index contributed by atoms with van der Waals surface area (Å²) in [7, 11) is 0. The normalized spacial score (nSPS) is 7.67. The fourth-order valence-electron chi connectivity index (χ4n) is 0.453. The molecule has 18 heavy (non-hydrogen) atoms. The van der Waals surface area contributed by atoms with Crippen molar-refractivity contribution in [3.05, 3.63) is 24.3 Å². The average molecular weight is 262 g/mol. The summed E-state index contributed by atoms with van der Waals surface area (Å²) in [5, 5.41) is 32.3. The second-order valence-electron chi connectivity index (χ2n) is 2.42. The van der Waals surface area contributed by atoms with E-state index in [9.17, 15) is 0 Å². The predicted molar refractivity (Wildman–Crippen MR) is 60.5 cm³/mol. The molecule has 0 spiro atoms. The van der Waals surface area contributed by atoms with E-state index in [4.69, 9.17) is 30.0 Å². The van der Waals surface area contributed by atoms with Crippen molar-refractivity contribution in [2.24, 2.45) is 11.7 Å². The highest BCUT2D eigenvalue weighted by atomic mass is 16.4. The van der Waals surface area contributed by atoms with Gasteiger partial charge in [0.25, 0.3) is 0 Å². The van der Waals surface area contributed by atoms with E-state index in [1.54, 1.807) is 0 Å². The highest BCUT2D eigenvalue weighted by molar-refractivity contribution is 5.63. The molecule has 0 fully saturated rings. The van der Waals surface area contributed by atoms with Gasteiger partial charge >= 0.3 is 12.2 Å². The van der Waals surface area contributed by atoms with Crippen molar-refractivity contribution < 1.29 is 30.0 Å². The number of rotatable bonds is 0. The van der Waals surface area contributed by atoms with Gasteiger partial charge in [-0.05, 0) is 24.3 Å². The maximum absolute atomic E-state index is 9.13. The molecule has 0 saturated heterocycles. The van der Waals surface area contributed by atoms with Crippen LogP contribution in [-0.4, -0.2) is 32.6 Å². The van der Waals surface area contributed by atoms with Crippen molar-refractivity contribution in [1.82, 2.24) is 10.9 Å². The number of phenolic OH excluding ortho intramolecular Hbond substituents is 2. The summed E-state index contributed by atoms with van der Waals surface area (Å²) in [4.78, 5) is 18.3. The summed E-state index contributed by atoms with van der Waals surface area (Å²) in [6.45, 7) is 0. The van der Waals surface area contributed by atoms with Crippen molar-refractivity contribution in [2.45, 2.75) is 0 Å². The van der Waals surface area contributed by atoms with E-state index >= 15 is 0 Å². The topological polar surface area (TPSA) is 191 Å². The first-order valence-electron chi connectivity index (χ1n) is 4.20. The van der Waals surface area contributed by atoms with Crippen molar-refractivity contribution in [3.63, 3.8) is 0 Å². The Bertz CT molecular complexity index is 320. The third kappa shape index (κ3) is 15.7. The number of amides is 2. The van der Waals surface area contributed by atoms with Gasteiger partial charge in [-0.25, -0.2) is 21.3 Å². The molecule has 2 amide bonds. The van der Waals surface area contributed by atoms with Crippen LogP contribution in [-0.2, 0) is 0 Å². The van der Waals surface area contributed by atoms with Crippen LogP contribution < -0.4 is 22.5 Å². The van der Waals surface area contributed by atoms with E-state index in [0.717, 1.165) is 0 Å². The summed E-state index contributed by atoms with van der Waals surface area (Å²) < 4.78 is 0. The van der Waals surface area contributed by atoms with E-state index < -0.39 is 12.2 Å². The Hall–Kier alpha value is -2.72. The summed E-state index contributed by atoms with van der Waals surface area (Å²) in [6.07, 6.45) is -2.44. The Labute approximate surface area is 101 Å². The van der Waals surface area contributed by atoms with Crippen LogP contribution >= 0.6 is 0 Å². The molecule has 0 aliphatic rings. The molecule has 0 atom stereocenters. The lowest BCUT2D eigenvalue weighted by Crippen LogP contribution is -2.27. The van der Waals surface area contributed by atoms with Gasteiger partial charge in [0.05, 0.1) is 0 Å². The van der Waals surface area contributed by atoms with Crippen molar-refractivity contribution >= 4 is 12.2 Å². The van der Waals surface area contributed by atoms with E-state index in [1.165, 1.54) is 35.1 Å². The molecule has 0 radical (unpaired) electrons. The molecular formula is C8H14N4O6. The Balaban J connectivity index is 0. The van der Waals surface area contributed by atoms with E-state index in [2.05, 4.69) is 11.7 Å². The number of aromatic hydroxyl groups is 2. The molecule has 10 heteroatoms. The predicted octanol–water partition coefficient (Wildman–Crippen LogP) is -0.647. The van der Waals surface area contributed by atoms with Crippen LogP contribution in [0.25, 0.3) is 0 Å². The minimum Gasteiger partial charge on any atom is -0.508 e. The molecule has 0 aliphatic heterocycles. The molecule has 1 aromatic rings. The second-order valence-corrected chi connectivity index (χ2v) is 2.42. The van der Waals surface area contributed by atoms with Crippen molar-refractivity contribution in [1.29, 1.82) is 0 Å². The summed E-state index contributed by atoms with van der Waals surface area (Å²) in [5.74, 6) is 8.98. The Kier molecular flexibility index (Phi) is 10.6. The molecule has 10 nitrogen and oxygen atoms in total. The van der Waals surface area contributed by atoms with E-state index in [1.807, 2.05) is 0 Å². The van der Waals surface area contributed by atoms with Crippen LogP contribution in [0.2, 0.25) is 0 Å². The Morgan fingerprint density at radius 1 is 0.833 bits per heavy atom. The number of nitrogens with one attached hydrogen (secondary N) is 2. The van der Waals surface area contributed by atoms with Crippen molar-refractivity contribution in [3.8, 4) is 11.5 Å². The maximum atomic E-state index is 9.13. The van der Waals surface area contributed by atoms with E-state index in [0.29, 0.717) is 0 Å². The minimum atomic E-state index is -1.22. The Morgan fingerprint density at radius 3 is 1.11 bits per heavy atom. The van der Waals surface area contributed by atoms with Crippen LogP contribution in [0.1, 0.15) is 0 Å². The van der Waals surface area contributed by atoms with Crippen LogP contribution in [0.4, 0.5) is 9.59 Å². The van der Waals surface area contributed by atoms with E-state index in [-0.39, 0.29) is 11.5 Å². The smallest absolute Gasteiger partial charge is 0.418 e. The van der Waals surface area contributed by atoms with Gasteiger partial charge in [-0.2, -0.15) is 0 Å². The van der Waals surface area contributed by atoms with Gasteiger partial charge in [0.1, 0.15) is 11.5 Å². The first-order valence-corrected chi connectivity index (χ1v) is 4.20. The molecule has 0 aromatic heterocycles. The second kappa shape index (κ2) is 10.8. The number of carbonyl (C=O) groups is 2. The zero-order chi connectivity index (χ0) is 14.6. The SMILES string of the molecule is NNC(=O)O.NNC(=O)O.Oc1ccc(O)cc1. The molecule has 0 bridgehead atoms. The average Bonchev–Trinajstić information content (AvgIpc) is 2.34. The molecule has 0 unspecified atom stereocenters. The molecule has 10 N–H and O–H groups in total. The quantitative estimate of drug-likeness (QED) is 0.131.